The van der Waals surface area contributed by atoms with Crippen molar-refractivity contribution in [1.29, 1.82) is 0 Å². The van der Waals surface area contributed by atoms with Gasteiger partial charge in [-0.3, -0.25) is 9.59 Å². The number of aryl methyl sites for hydroxylation is 1. The van der Waals surface area contributed by atoms with E-state index in [0.717, 1.165) is 17.7 Å². The van der Waals surface area contributed by atoms with Gasteiger partial charge in [-0.05, 0) is 61.0 Å². The van der Waals surface area contributed by atoms with Crippen LogP contribution in [0.15, 0.2) is 66.0 Å². The van der Waals surface area contributed by atoms with Gasteiger partial charge in [-0.2, -0.15) is 0 Å². The van der Waals surface area contributed by atoms with E-state index in [0.29, 0.717) is 38.3 Å². The van der Waals surface area contributed by atoms with Crippen LogP contribution in [-0.2, 0) is 16.0 Å². The Hall–Kier alpha value is -3.16. The van der Waals surface area contributed by atoms with Gasteiger partial charge in [-0.15, -0.1) is 11.3 Å². The van der Waals surface area contributed by atoms with Crippen LogP contribution < -0.4 is 4.74 Å². The third-order valence-electron chi connectivity index (χ3n) is 6.25. The molecule has 2 aromatic carbocycles. The van der Waals surface area contributed by atoms with Crippen LogP contribution in [0.2, 0.25) is 0 Å². The first-order valence-electron chi connectivity index (χ1n) is 11.9. The fourth-order valence-corrected chi connectivity index (χ4v) is 5.28. The van der Waals surface area contributed by atoms with Crippen LogP contribution in [0.1, 0.15) is 38.8 Å². The zero-order valence-electron chi connectivity index (χ0n) is 20.3. The van der Waals surface area contributed by atoms with E-state index in [-0.39, 0.29) is 24.4 Å². The second kappa shape index (κ2) is 12.0. The van der Waals surface area contributed by atoms with Gasteiger partial charge in [0.25, 0.3) is 5.91 Å². The lowest BCUT2D eigenvalue weighted by Crippen LogP contribution is -2.48. The number of thiophene rings is 1. The normalized spacial score (nSPS) is 14.9. The number of carbonyl (C=O) groups excluding carboxylic acids is 2. The molecule has 6 nitrogen and oxygen atoms in total. The molecule has 1 atom stereocenters. The molecule has 3 aromatic rings. The van der Waals surface area contributed by atoms with Crippen molar-refractivity contribution in [2.24, 2.45) is 0 Å². The summed E-state index contributed by atoms with van der Waals surface area (Å²) in [5.41, 5.74) is 2.89. The van der Waals surface area contributed by atoms with Gasteiger partial charge >= 0.3 is 0 Å². The van der Waals surface area contributed by atoms with Crippen LogP contribution in [0.25, 0.3) is 0 Å². The lowest BCUT2D eigenvalue weighted by Gasteiger charge is -2.37. The molecule has 7 heteroatoms. The minimum absolute atomic E-state index is 0.0257. The minimum Gasteiger partial charge on any atom is -0.491 e. The Labute approximate surface area is 211 Å². The van der Waals surface area contributed by atoms with E-state index in [1.165, 1.54) is 10.4 Å². The van der Waals surface area contributed by atoms with E-state index in [1.807, 2.05) is 54.3 Å². The molecule has 184 valence electrons. The van der Waals surface area contributed by atoms with Gasteiger partial charge in [-0.25, -0.2) is 0 Å². The standard InChI is InChI=1S/C28H32N2O4S/c1-21-9-11-23(12-10-21)34-20-25-24-14-18-35-26(24)13-16-30(25)27(31)19-29(15-6-17-33-2)28(32)22-7-4-3-5-8-22/h3-5,7-12,14,18,25H,6,13,15-17,19-20H2,1-2H3. The second-order valence-corrected chi connectivity index (χ2v) is 9.72. The Morgan fingerprint density at radius 2 is 1.86 bits per heavy atom. The molecule has 1 aliphatic rings. The molecule has 0 radical (unpaired) electrons. The number of fused-ring (bicyclic) bond motifs is 1. The number of benzene rings is 2. The van der Waals surface area contributed by atoms with Gasteiger partial charge in [0.2, 0.25) is 5.91 Å². The van der Waals surface area contributed by atoms with E-state index in [4.69, 9.17) is 9.47 Å². The Morgan fingerprint density at radius 1 is 1.09 bits per heavy atom. The van der Waals surface area contributed by atoms with Crippen molar-refractivity contribution in [3.8, 4) is 5.75 Å². The number of carbonyl (C=O) groups is 2. The maximum Gasteiger partial charge on any atom is 0.254 e. The molecule has 2 amide bonds. The maximum atomic E-state index is 13.6. The first-order chi connectivity index (χ1) is 17.1. The quantitative estimate of drug-likeness (QED) is 0.384. The summed E-state index contributed by atoms with van der Waals surface area (Å²) in [6.07, 6.45) is 1.48. The third kappa shape index (κ3) is 6.29. The highest BCUT2D eigenvalue weighted by molar-refractivity contribution is 7.10. The summed E-state index contributed by atoms with van der Waals surface area (Å²) in [6, 6.07) is 19.0. The van der Waals surface area contributed by atoms with Crippen LogP contribution in [0.3, 0.4) is 0 Å². The molecule has 35 heavy (non-hydrogen) atoms. The van der Waals surface area contributed by atoms with Crippen LogP contribution >= 0.6 is 11.3 Å². The lowest BCUT2D eigenvalue weighted by atomic mass is 10.0. The Morgan fingerprint density at radius 3 is 2.60 bits per heavy atom. The number of ether oxygens (including phenoxy) is 2. The molecule has 0 fully saturated rings. The molecule has 0 aliphatic carbocycles. The fourth-order valence-electron chi connectivity index (χ4n) is 4.35. The first kappa shape index (κ1) is 24.9. The van der Waals surface area contributed by atoms with Crippen molar-refractivity contribution in [2.45, 2.75) is 25.8 Å². The number of methoxy groups -OCH3 is 1. The van der Waals surface area contributed by atoms with Crippen molar-refractivity contribution in [3.63, 3.8) is 0 Å². The molecule has 0 N–H and O–H groups in total. The Kier molecular flexibility index (Phi) is 8.55. The predicted octanol–water partition coefficient (Wildman–Crippen LogP) is 4.74. The van der Waals surface area contributed by atoms with E-state index in [2.05, 4.69) is 11.4 Å². The lowest BCUT2D eigenvalue weighted by molar-refractivity contribution is -0.135. The average Bonchev–Trinajstić information content (AvgIpc) is 3.37. The summed E-state index contributed by atoms with van der Waals surface area (Å²) in [7, 11) is 1.64. The van der Waals surface area contributed by atoms with Crippen molar-refractivity contribution >= 4 is 23.2 Å². The zero-order chi connectivity index (χ0) is 24.6. The SMILES string of the molecule is COCCCN(CC(=O)N1CCc2sccc2C1COc1ccc(C)cc1)C(=O)c1ccccc1. The highest BCUT2D eigenvalue weighted by atomic mass is 32.1. The number of nitrogens with zero attached hydrogens (tertiary/aromatic N) is 2. The fraction of sp³-hybridized carbons (Fsp3) is 0.357. The van der Waals surface area contributed by atoms with Crippen molar-refractivity contribution in [1.82, 2.24) is 9.80 Å². The first-order valence-corrected chi connectivity index (χ1v) is 12.8. The molecule has 0 saturated heterocycles. The molecular formula is C28H32N2O4S. The van der Waals surface area contributed by atoms with Crippen LogP contribution in [0.5, 0.6) is 5.75 Å². The van der Waals surface area contributed by atoms with Crippen LogP contribution in [0.4, 0.5) is 0 Å². The van der Waals surface area contributed by atoms with Gasteiger partial charge in [-0.1, -0.05) is 35.9 Å². The predicted molar refractivity (Wildman–Crippen MR) is 138 cm³/mol. The maximum absolute atomic E-state index is 13.6. The summed E-state index contributed by atoms with van der Waals surface area (Å²) in [5.74, 6) is 0.572. The second-order valence-electron chi connectivity index (χ2n) is 8.72. The zero-order valence-corrected chi connectivity index (χ0v) is 21.1. The summed E-state index contributed by atoms with van der Waals surface area (Å²) >= 11 is 1.72. The van der Waals surface area contributed by atoms with E-state index in [9.17, 15) is 9.59 Å². The van der Waals surface area contributed by atoms with Gasteiger partial charge < -0.3 is 19.3 Å². The largest absolute Gasteiger partial charge is 0.491 e. The van der Waals surface area contributed by atoms with E-state index < -0.39 is 0 Å². The number of amides is 2. The van der Waals surface area contributed by atoms with Crippen LogP contribution in [-0.4, -0.2) is 61.6 Å². The van der Waals surface area contributed by atoms with Crippen molar-refractivity contribution in [3.05, 3.63) is 87.6 Å². The molecular weight excluding hydrogens is 460 g/mol. The molecule has 0 spiro atoms. The van der Waals surface area contributed by atoms with Gasteiger partial charge in [0.15, 0.2) is 0 Å². The molecule has 0 saturated carbocycles. The highest BCUT2D eigenvalue weighted by Gasteiger charge is 2.33. The number of hydrogen-bond donors (Lipinski definition) is 0. The van der Waals surface area contributed by atoms with Gasteiger partial charge in [0.05, 0.1) is 6.04 Å². The number of hydrogen-bond acceptors (Lipinski definition) is 5. The topological polar surface area (TPSA) is 59.1 Å². The Balaban J connectivity index is 1.51. The van der Waals surface area contributed by atoms with Crippen molar-refractivity contribution < 1.29 is 19.1 Å². The smallest absolute Gasteiger partial charge is 0.254 e. The molecule has 1 unspecified atom stereocenters. The third-order valence-corrected chi connectivity index (χ3v) is 7.25. The van der Waals surface area contributed by atoms with Gasteiger partial charge in [0, 0.05) is 37.2 Å². The van der Waals surface area contributed by atoms with Crippen LogP contribution in [0, 0.1) is 6.92 Å². The molecule has 2 heterocycles. The summed E-state index contributed by atoms with van der Waals surface area (Å²) < 4.78 is 11.3. The highest BCUT2D eigenvalue weighted by Crippen LogP contribution is 2.34. The molecule has 1 aliphatic heterocycles. The summed E-state index contributed by atoms with van der Waals surface area (Å²) in [5, 5.41) is 2.08. The minimum atomic E-state index is -0.188. The molecule has 1 aromatic heterocycles. The monoisotopic (exact) mass is 492 g/mol. The summed E-state index contributed by atoms with van der Waals surface area (Å²) in [6.45, 7) is 4.03. The van der Waals surface area contributed by atoms with Crippen molar-refractivity contribution in [2.75, 3.05) is 40.0 Å². The Bertz CT molecular complexity index is 1110. The average molecular weight is 493 g/mol. The van der Waals surface area contributed by atoms with E-state index in [1.54, 1.807) is 35.5 Å². The van der Waals surface area contributed by atoms with E-state index >= 15 is 0 Å². The van der Waals surface area contributed by atoms with Gasteiger partial charge in [0.1, 0.15) is 18.9 Å². The molecule has 4 rings (SSSR count). The molecule has 0 bridgehead atoms. The number of rotatable bonds is 10. The summed E-state index contributed by atoms with van der Waals surface area (Å²) in [4.78, 5) is 31.7.